The first-order valence-electron chi connectivity index (χ1n) is 7.31. The van der Waals surface area contributed by atoms with Gasteiger partial charge < -0.3 is 19.3 Å². The van der Waals surface area contributed by atoms with Crippen LogP contribution in [0.2, 0.25) is 0 Å². The largest absolute Gasteiger partial charge is 0.507 e. The highest BCUT2D eigenvalue weighted by Gasteiger charge is 2.16. The summed E-state index contributed by atoms with van der Waals surface area (Å²) in [6, 6.07) is 12.7. The first-order valence-corrected chi connectivity index (χ1v) is 7.31. The predicted octanol–water partition coefficient (Wildman–Crippen LogP) is 3.48. The van der Waals surface area contributed by atoms with Gasteiger partial charge in [0.15, 0.2) is 0 Å². The van der Waals surface area contributed by atoms with E-state index in [0.717, 1.165) is 17.0 Å². The summed E-state index contributed by atoms with van der Waals surface area (Å²) in [5.74, 6) is 1.85. The van der Waals surface area contributed by atoms with Crippen LogP contribution in [0.15, 0.2) is 42.5 Å². The van der Waals surface area contributed by atoms with Gasteiger partial charge in [-0.25, -0.2) is 0 Å². The van der Waals surface area contributed by atoms with Crippen molar-refractivity contribution in [3.63, 3.8) is 0 Å². The van der Waals surface area contributed by atoms with Crippen LogP contribution in [0.3, 0.4) is 0 Å². The van der Waals surface area contributed by atoms with E-state index in [0.29, 0.717) is 22.8 Å². The summed E-state index contributed by atoms with van der Waals surface area (Å²) in [5.41, 5.74) is 2.87. The van der Waals surface area contributed by atoms with Crippen molar-refractivity contribution < 1.29 is 19.3 Å². The van der Waals surface area contributed by atoms with E-state index in [4.69, 9.17) is 14.2 Å². The van der Waals surface area contributed by atoms with E-state index in [1.807, 2.05) is 30.3 Å². The van der Waals surface area contributed by atoms with Gasteiger partial charge in [-0.05, 0) is 30.3 Å². The number of H-pyrrole nitrogens is 1. The van der Waals surface area contributed by atoms with Gasteiger partial charge in [0.05, 0.1) is 38.3 Å². The second kappa shape index (κ2) is 6.54. The number of nitrogens with one attached hydrogen (secondary N) is 1. The Bertz CT molecular complexity index is 841. The van der Waals surface area contributed by atoms with Crippen molar-refractivity contribution in [1.29, 1.82) is 0 Å². The van der Waals surface area contributed by atoms with Gasteiger partial charge >= 0.3 is 0 Å². The molecule has 3 aromatic rings. The molecule has 1 heterocycles. The van der Waals surface area contributed by atoms with Crippen molar-refractivity contribution in [1.82, 2.24) is 10.2 Å². The summed E-state index contributed by atoms with van der Waals surface area (Å²) in [6.07, 6.45) is 0. The third-order valence-corrected chi connectivity index (χ3v) is 3.74. The van der Waals surface area contributed by atoms with Crippen LogP contribution in [0.5, 0.6) is 23.0 Å². The highest BCUT2D eigenvalue weighted by atomic mass is 16.5. The molecule has 0 atom stereocenters. The molecule has 0 fully saturated rings. The van der Waals surface area contributed by atoms with Gasteiger partial charge in [0.25, 0.3) is 0 Å². The van der Waals surface area contributed by atoms with Gasteiger partial charge in [-0.3, -0.25) is 5.10 Å². The van der Waals surface area contributed by atoms with Crippen molar-refractivity contribution >= 4 is 0 Å². The van der Waals surface area contributed by atoms with E-state index in [-0.39, 0.29) is 5.75 Å². The number of hydrogen-bond acceptors (Lipinski definition) is 5. The van der Waals surface area contributed by atoms with Crippen molar-refractivity contribution in [2.24, 2.45) is 0 Å². The molecular weight excluding hydrogens is 308 g/mol. The van der Waals surface area contributed by atoms with Crippen molar-refractivity contribution in [3.8, 4) is 45.5 Å². The molecule has 0 aliphatic rings. The Balaban J connectivity index is 2.01. The molecule has 0 saturated heterocycles. The van der Waals surface area contributed by atoms with E-state index >= 15 is 0 Å². The Morgan fingerprint density at radius 3 is 2.21 bits per heavy atom. The highest BCUT2D eigenvalue weighted by Crippen LogP contribution is 2.41. The molecule has 24 heavy (non-hydrogen) atoms. The minimum Gasteiger partial charge on any atom is -0.507 e. The number of aromatic hydroxyl groups is 1. The van der Waals surface area contributed by atoms with Gasteiger partial charge in [-0.2, -0.15) is 5.10 Å². The number of ether oxygens (including phenoxy) is 3. The normalized spacial score (nSPS) is 10.5. The fourth-order valence-electron chi connectivity index (χ4n) is 2.49. The Labute approximate surface area is 139 Å². The number of hydrogen-bond donors (Lipinski definition) is 2. The lowest BCUT2D eigenvalue weighted by molar-refractivity contribution is 0.386. The third kappa shape index (κ3) is 2.86. The third-order valence-electron chi connectivity index (χ3n) is 3.74. The van der Waals surface area contributed by atoms with Crippen LogP contribution in [0.25, 0.3) is 22.5 Å². The number of phenols is 1. The Morgan fingerprint density at radius 1 is 0.875 bits per heavy atom. The summed E-state index contributed by atoms with van der Waals surface area (Å²) >= 11 is 0. The fourth-order valence-corrected chi connectivity index (χ4v) is 2.49. The van der Waals surface area contributed by atoms with Gasteiger partial charge in [-0.1, -0.05) is 0 Å². The lowest BCUT2D eigenvalue weighted by Gasteiger charge is -2.11. The molecule has 0 amide bonds. The molecule has 6 heteroatoms. The number of aromatic nitrogens is 2. The zero-order valence-electron chi connectivity index (χ0n) is 13.7. The molecule has 0 radical (unpaired) electrons. The van der Waals surface area contributed by atoms with Gasteiger partial charge in [0, 0.05) is 17.7 Å². The number of phenolic OH excluding ortho intramolecular Hbond substituents is 1. The maximum absolute atomic E-state index is 10.3. The molecule has 0 unspecified atom stereocenters. The summed E-state index contributed by atoms with van der Waals surface area (Å²) < 4.78 is 15.7. The predicted molar refractivity (Wildman–Crippen MR) is 90.8 cm³/mol. The minimum atomic E-state index is 0.0520. The average molecular weight is 326 g/mol. The standard InChI is InChI=1S/C18H18N2O4/c1-22-12-6-4-11(5-7-12)14-10-15(20-19-14)18-16(21)8-13(23-2)9-17(18)24-3/h4-10,21H,1-3H3,(H,19,20). The highest BCUT2D eigenvalue weighted by molar-refractivity contribution is 5.78. The average Bonchev–Trinajstić information content (AvgIpc) is 3.10. The molecule has 2 aromatic carbocycles. The number of aromatic amines is 1. The van der Waals surface area contributed by atoms with E-state index in [2.05, 4.69) is 10.2 Å². The SMILES string of the molecule is COc1ccc(-c2cc(-c3c(O)cc(OC)cc3OC)[nH]n2)cc1. The quantitative estimate of drug-likeness (QED) is 0.751. The zero-order chi connectivity index (χ0) is 17.1. The molecule has 0 saturated carbocycles. The second-order valence-corrected chi connectivity index (χ2v) is 5.12. The van der Waals surface area contributed by atoms with Crippen LogP contribution in [0, 0.1) is 0 Å². The molecular formula is C18H18N2O4. The maximum atomic E-state index is 10.3. The molecule has 0 aliphatic carbocycles. The van der Waals surface area contributed by atoms with Crippen LogP contribution in [-0.4, -0.2) is 36.6 Å². The summed E-state index contributed by atoms with van der Waals surface area (Å²) in [4.78, 5) is 0. The number of rotatable bonds is 5. The molecule has 0 spiro atoms. The van der Waals surface area contributed by atoms with Gasteiger partial charge in [0.1, 0.15) is 23.0 Å². The Morgan fingerprint density at radius 2 is 1.58 bits per heavy atom. The number of methoxy groups -OCH3 is 3. The first-order chi connectivity index (χ1) is 11.7. The minimum absolute atomic E-state index is 0.0520. The van der Waals surface area contributed by atoms with E-state index in [1.54, 1.807) is 20.3 Å². The Kier molecular flexibility index (Phi) is 4.29. The fraction of sp³-hybridized carbons (Fsp3) is 0.167. The maximum Gasteiger partial charge on any atom is 0.135 e. The van der Waals surface area contributed by atoms with Crippen molar-refractivity contribution in [2.75, 3.05) is 21.3 Å². The van der Waals surface area contributed by atoms with Crippen LogP contribution >= 0.6 is 0 Å². The van der Waals surface area contributed by atoms with Crippen LogP contribution in [0.4, 0.5) is 0 Å². The molecule has 6 nitrogen and oxygen atoms in total. The van der Waals surface area contributed by atoms with E-state index < -0.39 is 0 Å². The summed E-state index contributed by atoms with van der Waals surface area (Å²) in [7, 11) is 4.70. The molecule has 0 aliphatic heterocycles. The topological polar surface area (TPSA) is 76.6 Å². The molecule has 3 rings (SSSR count). The zero-order valence-corrected chi connectivity index (χ0v) is 13.7. The molecule has 1 aromatic heterocycles. The lowest BCUT2D eigenvalue weighted by Crippen LogP contribution is -1.91. The number of benzene rings is 2. The number of nitrogens with zero attached hydrogens (tertiary/aromatic N) is 1. The van der Waals surface area contributed by atoms with Crippen molar-refractivity contribution in [3.05, 3.63) is 42.5 Å². The molecule has 124 valence electrons. The molecule has 0 bridgehead atoms. The first kappa shape index (κ1) is 15.7. The monoisotopic (exact) mass is 326 g/mol. The second-order valence-electron chi connectivity index (χ2n) is 5.12. The van der Waals surface area contributed by atoms with Crippen LogP contribution in [0.1, 0.15) is 0 Å². The van der Waals surface area contributed by atoms with Gasteiger partial charge in [-0.15, -0.1) is 0 Å². The van der Waals surface area contributed by atoms with Crippen LogP contribution in [-0.2, 0) is 0 Å². The lowest BCUT2D eigenvalue weighted by atomic mass is 10.1. The molecule has 2 N–H and O–H groups in total. The van der Waals surface area contributed by atoms with Crippen molar-refractivity contribution in [2.45, 2.75) is 0 Å². The van der Waals surface area contributed by atoms with Gasteiger partial charge in [0.2, 0.25) is 0 Å². The van der Waals surface area contributed by atoms with Crippen LogP contribution < -0.4 is 14.2 Å². The van der Waals surface area contributed by atoms with E-state index in [1.165, 1.54) is 13.2 Å². The summed E-state index contributed by atoms with van der Waals surface area (Å²) in [6.45, 7) is 0. The Hall–Kier alpha value is -3.15. The smallest absolute Gasteiger partial charge is 0.135 e. The van der Waals surface area contributed by atoms with E-state index in [9.17, 15) is 5.11 Å². The summed E-state index contributed by atoms with van der Waals surface area (Å²) in [5, 5.41) is 17.6.